The van der Waals surface area contributed by atoms with Crippen LogP contribution in [-0.4, -0.2) is 17.2 Å². The summed E-state index contributed by atoms with van der Waals surface area (Å²) >= 11 is 0. The summed E-state index contributed by atoms with van der Waals surface area (Å²) in [5.74, 6) is 1.77. The van der Waals surface area contributed by atoms with E-state index in [1.54, 1.807) is 6.07 Å². The summed E-state index contributed by atoms with van der Waals surface area (Å²) < 4.78 is 24.2. The van der Waals surface area contributed by atoms with Crippen LogP contribution in [0, 0.1) is 5.82 Å². The smallest absolute Gasteiger partial charge is 0.264 e. The molecule has 5 nitrogen and oxygen atoms in total. The van der Waals surface area contributed by atoms with Crippen LogP contribution in [0.4, 0.5) is 4.39 Å². The molecule has 1 unspecified atom stereocenters. The summed E-state index contributed by atoms with van der Waals surface area (Å²) in [6, 6.07) is 4.58. The van der Waals surface area contributed by atoms with Crippen molar-refractivity contribution in [2.24, 2.45) is 0 Å². The molecule has 1 aliphatic rings. The highest BCUT2D eigenvalue weighted by Crippen LogP contribution is 2.38. The minimum absolute atomic E-state index is 0.0605. The monoisotopic (exact) mass is 291 g/mol. The second-order valence-corrected chi connectivity index (χ2v) is 5.30. The van der Waals surface area contributed by atoms with E-state index in [-0.39, 0.29) is 18.5 Å². The molecule has 1 aromatic carbocycles. The van der Waals surface area contributed by atoms with E-state index in [1.807, 2.05) is 14.0 Å². The summed E-state index contributed by atoms with van der Waals surface area (Å²) in [6.07, 6.45) is 2.24. The average Bonchev–Trinajstić information content (AvgIpc) is 3.23. The zero-order valence-electron chi connectivity index (χ0n) is 12.1. The fraction of sp³-hybridized carbons (Fsp3) is 0.467. The Kier molecular flexibility index (Phi) is 3.88. The first-order valence-electron chi connectivity index (χ1n) is 7.09. The molecule has 1 atom stereocenters. The van der Waals surface area contributed by atoms with Crippen LogP contribution in [0.25, 0.3) is 0 Å². The predicted octanol–water partition coefficient (Wildman–Crippen LogP) is 2.95. The van der Waals surface area contributed by atoms with Gasteiger partial charge in [-0.15, -0.1) is 0 Å². The van der Waals surface area contributed by atoms with Gasteiger partial charge in [0.25, 0.3) is 5.89 Å². The normalized spacial score (nSPS) is 16.0. The Hall–Kier alpha value is -1.95. The topological polar surface area (TPSA) is 60.2 Å². The Morgan fingerprint density at radius 2 is 2.29 bits per heavy atom. The fourth-order valence-electron chi connectivity index (χ4n) is 2.12. The van der Waals surface area contributed by atoms with E-state index in [0.717, 1.165) is 24.2 Å². The van der Waals surface area contributed by atoms with Crippen LogP contribution in [0.1, 0.15) is 49.0 Å². The highest BCUT2D eigenvalue weighted by molar-refractivity contribution is 5.36. The Labute approximate surface area is 122 Å². The number of nitrogens with zero attached hydrogens (tertiary/aromatic N) is 2. The molecule has 112 valence electrons. The highest BCUT2D eigenvalue weighted by Gasteiger charge is 2.28. The van der Waals surface area contributed by atoms with Gasteiger partial charge in [-0.05, 0) is 32.9 Å². The van der Waals surface area contributed by atoms with E-state index >= 15 is 0 Å². The fourth-order valence-corrected chi connectivity index (χ4v) is 2.12. The summed E-state index contributed by atoms with van der Waals surface area (Å²) in [5, 5.41) is 7.04. The second kappa shape index (κ2) is 5.81. The van der Waals surface area contributed by atoms with E-state index in [0.29, 0.717) is 17.6 Å². The number of hydrogen-bond donors (Lipinski definition) is 1. The quantitative estimate of drug-likeness (QED) is 0.886. The standard InChI is InChI=1S/C15H18FN3O2/c1-9(17-2)12-6-5-11(16)7-13(12)20-8-14-18-15(19-21-14)10-3-4-10/h5-7,9-10,17H,3-4,8H2,1-2H3. The lowest BCUT2D eigenvalue weighted by Crippen LogP contribution is -2.14. The van der Waals surface area contributed by atoms with Gasteiger partial charge in [0.15, 0.2) is 12.4 Å². The molecule has 6 heteroatoms. The summed E-state index contributed by atoms with van der Waals surface area (Å²) in [6.45, 7) is 2.13. The summed E-state index contributed by atoms with van der Waals surface area (Å²) in [5.41, 5.74) is 0.890. The van der Waals surface area contributed by atoms with Gasteiger partial charge in [-0.1, -0.05) is 11.2 Å². The third-order valence-electron chi connectivity index (χ3n) is 3.65. The summed E-state index contributed by atoms with van der Waals surface area (Å²) in [7, 11) is 1.84. The number of nitrogens with one attached hydrogen (secondary N) is 1. The van der Waals surface area contributed by atoms with E-state index in [9.17, 15) is 4.39 Å². The first-order valence-corrected chi connectivity index (χ1v) is 7.09. The third kappa shape index (κ3) is 3.21. The van der Waals surface area contributed by atoms with Gasteiger partial charge in [0.1, 0.15) is 11.6 Å². The SMILES string of the molecule is CNC(C)c1ccc(F)cc1OCc1nc(C2CC2)no1. The van der Waals surface area contributed by atoms with Gasteiger partial charge in [-0.3, -0.25) is 0 Å². The van der Waals surface area contributed by atoms with E-state index in [4.69, 9.17) is 9.26 Å². The molecule has 1 saturated carbocycles. The number of hydrogen-bond acceptors (Lipinski definition) is 5. The van der Waals surface area contributed by atoms with Crippen molar-refractivity contribution in [3.05, 3.63) is 41.3 Å². The van der Waals surface area contributed by atoms with Crippen molar-refractivity contribution in [3.63, 3.8) is 0 Å². The lowest BCUT2D eigenvalue weighted by molar-refractivity contribution is 0.238. The molecule has 1 fully saturated rings. The lowest BCUT2D eigenvalue weighted by Gasteiger charge is -2.15. The molecule has 3 rings (SSSR count). The maximum atomic E-state index is 13.4. The van der Waals surface area contributed by atoms with Gasteiger partial charge in [0, 0.05) is 23.6 Å². The molecule has 21 heavy (non-hydrogen) atoms. The lowest BCUT2D eigenvalue weighted by atomic mass is 10.1. The van der Waals surface area contributed by atoms with Crippen molar-refractivity contribution in [1.29, 1.82) is 0 Å². The highest BCUT2D eigenvalue weighted by atomic mass is 19.1. The zero-order chi connectivity index (χ0) is 14.8. The van der Waals surface area contributed by atoms with Crippen molar-refractivity contribution < 1.29 is 13.7 Å². The number of rotatable bonds is 6. The van der Waals surface area contributed by atoms with Crippen LogP contribution < -0.4 is 10.1 Å². The molecular weight excluding hydrogens is 273 g/mol. The minimum atomic E-state index is -0.332. The molecule has 0 radical (unpaired) electrons. The van der Waals surface area contributed by atoms with Gasteiger partial charge < -0.3 is 14.6 Å². The van der Waals surface area contributed by atoms with Gasteiger partial charge in [0.05, 0.1) is 0 Å². The van der Waals surface area contributed by atoms with E-state index in [1.165, 1.54) is 12.1 Å². The molecule has 0 aliphatic heterocycles. The van der Waals surface area contributed by atoms with Crippen LogP contribution in [-0.2, 0) is 6.61 Å². The molecule has 1 aromatic heterocycles. The van der Waals surface area contributed by atoms with Crippen LogP contribution in [0.3, 0.4) is 0 Å². The molecule has 2 aromatic rings. The maximum Gasteiger partial charge on any atom is 0.264 e. The molecule has 0 saturated heterocycles. The Morgan fingerprint density at radius 1 is 1.48 bits per heavy atom. The van der Waals surface area contributed by atoms with Crippen LogP contribution >= 0.6 is 0 Å². The number of ether oxygens (including phenoxy) is 1. The number of aromatic nitrogens is 2. The van der Waals surface area contributed by atoms with Crippen LogP contribution in [0.2, 0.25) is 0 Å². The number of benzene rings is 1. The van der Waals surface area contributed by atoms with Crippen molar-refractivity contribution >= 4 is 0 Å². The maximum absolute atomic E-state index is 13.4. The molecule has 1 heterocycles. The van der Waals surface area contributed by atoms with Gasteiger partial charge in [-0.25, -0.2) is 4.39 Å². The molecular formula is C15H18FN3O2. The molecule has 0 bridgehead atoms. The Morgan fingerprint density at radius 3 is 3.00 bits per heavy atom. The number of halogens is 1. The predicted molar refractivity (Wildman–Crippen MR) is 74.5 cm³/mol. The van der Waals surface area contributed by atoms with Crippen molar-refractivity contribution in [3.8, 4) is 5.75 Å². The zero-order valence-corrected chi connectivity index (χ0v) is 12.1. The molecule has 0 spiro atoms. The van der Waals surface area contributed by atoms with Crippen LogP contribution in [0.15, 0.2) is 22.7 Å². The molecule has 1 N–H and O–H groups in total. The van der Waals surface area contributed by atoms with Gasteiger partial charge in [-0.2, -0.15) is 4.98 Å². The Balaban J connectivity index is 1.72. The first-order chi connectivity index (χ1) is 10.2. The molecule has 1 aliphatic carbocycles. The third-order valence-corrected chi connectivity index (χ3v) is 3.65. The molecule has 0 amide bonds. The van der Waals surface area contributed by atoms with Crippen LogP contribution in [0.5, 0.6) is 5.75 Å². The van der Waals surface area contributed by atoms with Crippen molar-refractivity contribution in [1.82, 2.24) is 15.5 Å². The van der Waals surface area contributed by atoms with Gasteiger partial charge >= 0.3 is 0 Å². The van der Waals surface area contributed by atoms with E-state index in [2.05, 4.69) is 15.5 Å². The Bertz CT molecular complexity index is 625. The van der Waals surface area contributed by atoms with Crippen molar-refractivity contribution in [2.45, 2.75) is 38.3 Å². The minimum Gasteiger partial charge on any atom is -0.483 e. The summed E-state index contributed by atoms with van der Waals surface area (Å²) in [4.78, 5) is 4.29. The first kappa shape index (κ1) is 14.0. The second-order valence-electron chi connectivity index (χ2n) is 5.30. The average molecular weight is 291 g/mol. The van der Waals surface area contributed by atoms with Gasteiger partial charge in [0.2, 0.25) is 0 Å². The van der Waals surface area contributed by atoms with E-state index < -0.39 is 0 Å². The van der Waals surface area contributed by atoms with Crippen molar-refractivity contribution in [2.75, 3.05) is 7.05 Å². The largest absolute Gasteiger partial charge is 0.483 e.